The minimum Gasteiger partial charge on any atom is -0.507 e. The lowest BCUT2D eigenvalue weighted by Gasteiger charge is -2.18. The highest BCUT2D eigenvalue weighted by Gasteiger charge is 2.21. The molecule has 0 saturated carbocycles. The van der Waals surface area contributed by atoms with Crippen molar-refractivity contribution in [1.29, 1.82) is 0 Å². The standard InChI is InChI=1S/C23H22N2O6/c26-19-8-3-6-17-5-1-2-14-29-15-11-18(31-23(28)22(17)19)7-4-12-24-20(27)9-10-21-25-13-16-30-21/h1-4,6,8,12-13,16,18,26H,5,7,11,14-15H2,(H,24,27)/b2-1+,12-4+/t18-/m1/s1. The summed E-state index contributed by atoms with van der Waals surface area (Å²) in [6.45, 7) is 0.849. The Morgan fingerprint density at radius 3 is 3.10 bits per heavy atom. The zero-order valence-corrected chi connectivity index (χ0v) is 16.7. The number of nitrogens with one attached hydrogen (secondary N) is 1. The van der Waals surface area contributed by atoms with E-state index in [1.54, 1.807) is 18.2 Å². The van der Waals surface area contributed by atoms with Crippen LogP contribution in [0.4, 0.5) is 0 Å². The summed E-state index contributed by atoms with van der Waals surface area (Å²) < 4.78 is 16.1. The van der Waals surface area contributed by atoms with Crippen molar-refractivity contribution in [3.05, 3.63) is 72.1 Å². The van der Waals surface area contributed by atoms with E-state index in [2.05, 4.69) is 22.1 Å². The zero-order valence-electron chi connectivity index (χ0n) is 16.7. The number of carbonyl (C=O) groups is 2. The van der Waals surface area contributed by atoms with Crippen molar-refractivity contribution >= 4 is 11.9 Å². The molecule has 0 radical (unpaired) electrons. The lowest BCUT2D eigenvalue weighted by atomic mass is 10.0. The molecule has 1 aliphatic rings. The Morgan fingerprint density at radius 2 is 2.26 bits per heavy atom. The Labute approximate surface area is 179 Å². The molecule has 31 heavy (non-hydrogen) atoms. The molecule has 0 unspecified atom stereocenters. The van der Waals surface area contributed by atoms with E-state index in [9.17, 15) is 14.7 Å². The summed E-state index contributed by atoms with van der Waals surface area (Å²) in [5.74, 6) is 3.74. The van der Waals surface area contributed by atoms with E-state index in [4.69, 9.17) is 13.9 Å². The summed E-state index contributed by atoms with van der Waals surface area (Å²) in [7, 11) is 0. The zero-order chi connectivity index (χ0) is 21.9. The van der Waals surface area contributed by atoms with Crippen molar-refractivity contribution in [2.45, 2.75) is 25.4 Å². The van der Waals surface area contributed by atoms with Crippen LogP contribution in [0.3, 0.4) is 0 Å². The number of nitrogens with zero attached hydrogens (tertiary/aromatic N) is 1. The van der Waals surface area contributed by atoms with Gasteiger partial charge in [0.1, 0.15) is 23.7 Å². The van der Waals surface area contributed by atoms with Crippen LogP contribution < -0.4 is 5.32 Å². The maximum absolute atomic E-state index is 12.7. The largest absolute Gasteiger partial charge is 0.507 e. The van der Waals surface area contributed by atoms with Crippen LogP contribution in [-0.2, 0) is 20.7 Å². The molecule has 0 bridgehead atoms. The third-order valence-corrected chi connectivity index (χ3v) is 4.36. The topological polar surface area (TPSA) is 111 Å². The number of phenols is 1. The quantitative estimate of drug-likeness (QED) is 0.444. The van der Waals surface area contributed by atoms with E-state index in [0.29, 0.717) is 38.0 Å². The fraction of sp³-hybridized carbons (Fsp3) is 0.261. The lowest BCUT2D eigenvalue weighted by Crippen LogP contribution is -2.21. The van der Waals surface area contributed by atoms with Crippen LogP contribution in [0.15, 0.2) is 59.5 Å². The smallest absolute Gasteiger partial charge is 0.342 e. The average Bonchev–Trinajstić information content (AvgIpc) is 3.27. The number of hydrogen-bond acceptors (Lipinski definition) is 7. The second-order valence-electron chi connectivity index (χ2n) is 6.58. The molecule has 0 spiro atoms. The number of cyclic esters (lactones) is 1. The molecule has 1 atom stereocenters. The molecule has 1 aromatic carbocycles. The third-order valence-electron chi connectivity index (χ3n) is 4.36. The van der Waals surface area contributed by atoms with Crippen LogP contribution in [-0.4, -0.2) is 41.3 Å². The maximum atomic E-state index is 12.7. The second-order valence-corrected chi connectivity index (χ2v) is 6.58. The number of esters is 1. The van der Waals surface area contributed by atoms with Gasteiger partial charge in [0.05, 0.1) is 19.4 Å². The highest BCUT2D eigenvalue weighted by Crippen LogP contribution is 2.24. The fourth-order valence-corrected chi connectivity index (χ4v) is 2.86. The molecule has 8 nitrogen and oxygen atoms in total. The summed E-state index contributed by atoms with van der Waals surface area (Å²) in [6.07, 6.45) is 10.5. The number of aromatic nitrogens is 1. The Hall–Kier alpha value is -3.83. The molecule has 1 aliphatic heterocycles. The Balaban J connectivity index is 1.61. The molecule has 2 heterocycles. The van der Waals surface area contributed by atoms with Crippen LogP contribution in [0, 0.1) is 11.8 Å². The molecule has 8 heteroatoms. The second kappa shape index (κ2) is 11.4. The number of phenolic OH excluding ortho intramolecular Hbond substituents is 1. The third kappa shape index (κ3) is 6.87. The minimum absolute atomic E-state index is 0.115. The van der Waals surface area contributed by atoms with Gasteiger partial charge in [0, 0.05) is 30.9 Å². The van der Waals surface area contributed by atoms with Crippen LogP contribution in [0.5, 0.6) is 5.75 Å². The number of aromatic hydroxyl groups is 1. The van der Waals surface area contributed by atoms with E-state index in [1.165, 1.54) is 24.7 Å². The van der Waals surface area contributed by atoms with Gasteiger partial charge in [-0.25, -0.2) is 9.78 Å². The Morgan fingerprint density at radius 1 is 1.35 bits per heavy atom. The van der Waals surface area contributed by atoms with E-state index >= 15 is 0 Å². The molecule has 0 aliphatic carbocycles. The van der Waals surface area contributed by atoms with Crippen LogP contribution >= 0.6 is 0 Å². The average molecular weight is 422 g/mol. The van der Waals surface area contributed by atoms with Crippen molar-refractivity contribution < 1.29 is 28.6 Å². The van der Waals surface area contributed by atoms with Crippen LogP contribution in [0.25, 0.3) is 0 Å². The van der Waals surface area contributed by atoms with Crippen molar-refractivity contribution in [2.24, 2.45) is 0 Å². The number of amides is 1. The monoisotopic (exact) mass is 422 g/mol. The van der Waals surface area contributed by atoms with Crippen molar-refractivity contribution in [3.63, 3.8) is 0 Å². The summed E-state index contributed by atoms with van der Waals surface area (Å²) in [4.78, 5) is 28.2. The minimum atomic E-state index is -0.596. The molecular formula is C23H22N2O6. The fourth-order valence-electron chi connectivity index (χ4n) is 2.86. The summed E-state index contributed by atoms with van der Waals surface area (Å²) in [5, 5.41) is 12.7. The number of ether oxygens (including phenoxy) is 2. The highest BCUT2D eigenvalue weighted by molar-refractivity contribution is 5.95. The molecule has 3 rings (SSSR count). The van der Waals surface area contributed by atoms with E-state index in [1.807, 2.05) is 12.2 Å². The van der Waals surface area contributed by atoms with E-state index < -0.39 is 18.0 Å². The summed E-state index contributed by atoms with van der Waals surface area (Å²) >= 11 is 0. The van der Waals surface area contributed by atoms with Crippen LogP contribution in [0.2, 0.25) is 0 Å². The van der Waals surface area contributed by atoms with Gasteiger partial charge < -0.3 is 24.3 Å². The highest BCUT2D eigenvalue weighted by atomic mass is 16.5. The SMILES string of the molecule is O=C(C#Cc1ncco1)N/C=C/C[C@@H]1CCOC/C=C/Cc2cccc(O)c2C(=O)O1. The predicted octanol–water partition coefficient (Wildman–Crippen LogP) is 2.50. The molecule has 1 aromatic heterocycles. The predicted molar refractivity (Wildman–Crippen MR) is 111 cm³/mol. The van der Waals surface area contributed by atoms with Crippen molar-refractivity contribution in [2.75, 3.05) is 13.2 Å². The van der Waals surface area contributed by atoms with Crippen LogP contribution in [0.1, 0.15) is 34.7 Å². The molecule has 0 saturated heterocycles. The number of allylic oxidation sites excluding steroid dienone is 1. The van der Waals surface area contributed by atoms with Gasteiger partial charge in [0.25, 0.3) is 11.8 Å². The molecule has 2 N–H and O–H groups in total. The number of rotatable bonds is 3. The van der Waals surface area contributed by atoms with Gasteiger partial charge >= 0.3 is 5.97 Å². The van der Waals surface area contributed by atoms with Crippen molar-refractivity contribution in [1.82, 2.24) is 10.3 Å². The molecule has 160 valence electrons. The molecule has 0 fully saturated rings. The summed E-state index contributed by atoms with van der Waals surface area (Å²) in [6, 6.07) is 4.92. The number of benzene rings is 1. The molecule has 2 aromatic rings. The first-order valence-corrected chi connectivity index (χ1v) is 9.75. The van der Waals surface area contributed by atoms with E-state index in [0.717, 1.165) is 0 Å². The molecule has 1 amide bonds. The first-order valence-electron chi connectivity index (χ1n) is 9.75. The van der Waals surface area contributed by atoms with Gasteiger partial charge in [0.2, 0.25) is 0 Å². The van der Waals surface area contributed by atoms with E-state index in [-0.39, 0.29) is 17.2 Å². The van der Waals surface area contributed by atoms with Gasteiger partial charge in [0.15, 0.2) is 0 Å². The number of hydrogen-bond donors (Lipinski definition) is 2. The Kier molecular flexibility index (Phi) is 8.03. The first kappa shape index (κ1) is 21.9. The van der Waals surface area contributed by atoms with Gasteiger partial charge in [-0.15, -0.1) is 0 Å². The van der Waals surface area contributed by atoms with Crippen molar-refractivity contribution in [3.8, 4) is 17.6 Å². The summed E-state index contributed by atoms with van der Waals surface area (Å²) in [5.41, 5.74) is 0.839. The van der Waals surface area contributed by atoms with Gasteiger partial charge in [-0.2, -0.15) is 0 Å². The van der Waals surface area contributed by atoms with Gasteiger partial charge in [-0.3, -0.25) is 4.79 Å². The number of oxazole rings is 1. The lowest BCUT2D eigenvalue weighted by molar-refractivity contribution is -0.114. The molecular weight excluding hydrogens is 400 g/mol. The number of carbonyl (C=O) groups excluding carboxylic acids is 2. The first-order chi connectivity index (χ1) is 15.1. The number of fused-ring (bicyclic) bond motifs is 1. The van der Waals surface area contributed by atoms with Gasteiger partial charge in [-0.1, -0.05) is 30.4 Å². The Bertz CT molecular complexity index is 1010. The van der Waals surface area contributed by atoms with Gasteiger partial charge in [-0.05, 0) is 18.1 Å². The maximum Gasteiger partial charge on any atom is 0.342 e. The normalized spacial score (nSPS) is 17.9.